The molecule has 0 saturated carbocycles. The lowest BCUT2D eigenvalue weighted by molar-refractivity contribution is 0.436. The molecule has 0 bridgehead atoms. The zero-order chi connectivity index (χ0) is 13.4. The first-order valence-corrected chi connectivity index (χ1v) is 5.97. The molecular formula is C14H14N4O. The molecule has 3 rings (SSSR count). The van der Waals surface area contributed by atoms with Gasteiger partial charge in [-0.2, -0.15) is 5.10 Å². The van der Waals surface area contributed by atoms with Crippen molar-refractivity contribution in [1.29, 1.82) is 0 Å². The summed E-state index contributed by atoms with van der Waals surface area (Å²) in [4.78, 5) is 4.35. The molecule has 2 aromatic heterocycles. The second-order valence-electron chi connectivity index (χ2n) is 4.36. The molecule has 0 amide bonds. The normalized spacial score (nSPS) is 10.8. The monoisotopic (exact) mass is 254 g/mol. The van der Waals surface area contributed by atoms with E-state index < -0.39 is 0 Å². The zero-order valence-electron chi connectivity index (χ0n) is 10.8. The Morgan fingerprint density at radius 3 is 2.74 bits per heavy atom. The molecule has 0 aliphatic heterocycles. The van der Waals surface area contributed by atoms with E-state index in [0.717, 1.165) is 16.6 Å². The average Bonchev–Trinajstić information content (AvgIpc) is 2.66. The second kappa shape index (κ2) is 4.28. The number of ether oxygens (including phenoxy) is 1. The molecule has 3 aromatic rings. The smallest absolute Gasteiger partial charge is 0.241 e. The lowest BCUT2D eigenvalue weighted by Crippen LogP contribution is -1.98. The van der Waals surface area contributed by atoms with Crippen LogP contribution in [0.1, 0.15) is 5.69 Å². The number of aryl methyl sites for hydroxylation is 2. The van der Waals surface area contributed by atoms with Gasteiger partial charge in [-0.1, -0.05) is 18.2 Å². The highest BCUT2D eigenvalue weighted by Gasteiger charge is 2.13. The standard InChI is InChI=1S/C14H14N4O/c1-9-12(15)14(18(2)17-9)19-11-7-3-5-10-6-4-8-16-13(10)11/h3-8H,15H2,1-2H3. The summed E-state index contributed by atoms with van der Waals surface area (Å²) < 4.78 is 7.52. The second-order valence-corrected chi connectivity index (χ2v) is 4.36. The van der Waals surface area contributed by atoms with E-state index in [0.29, 0.717) is 17.3 Å². The van der Waals surface area contributed by atoms with Crippen LogP contribution >= 0.6 is 0 Å². The van der Waals surface area contributed by atoms with Crippen LogP contribution in [0.15, 0.2) is 36.5 Å². The predicted octanol–water partition coefficient (Wildman–Crippen LogP) is 2.65. The van der Waals surface area contributed by atoms with E-state index in [1.807, 2.05) is 37.3 Å². The van der Waals surface area contributed by atoms with Crippen molar-refractivity contribution in [3.05, 3.63) is 42.2 Å². The first-order valence-electron chi connectivity index (χ1n) is 5.97. The fourth-order valence-electron chi connectivity index (χ4n) is 2.04. The Kier molecular flexibility index (Phi) is 2.59. The molecule has 5 heteroatoms. The summed E-state index contributed by atoms with van der Waals surface area (Å²) in [7, 11) is 1.80. The van der Waals surface area contributed by atoms with Crippen LogP contribution in [0.5, 0.6) is 11.6 Å². The molecular weight excluding hydrogens is 240 g/mol. The lowest BCUT2D eigenvalue weighted by Gasteiger charge is -2.08. The molecule has 0 unspecified atom stereocenters. The van der Waals surface area contributed by atoms with Gasteiger partial charge in [0.2, 0.25) is 5.88 Å². The highest BCUT2D eigenvalue weighted by Crippen LogP contribution is 2.32. The Labute approximate surface area is 110 Å². The number of nitrogen functional groups attached to an aromatic ring is 1. The fraction of sp³-hybridized carbons (Fsp3) is 0.143. The Hall–Kier alpha value is -2.56. The van der Waals surface area contributed by atoms with Crippen LogP contribution in [0.3, 0.4) is 0 Å². The molecule has 5 nitrogen and oxygen atoms in total. The van der Waals surface area contributed by atoms with E-state index in [1.165, 1.54) is 0 Å². The van der Waals surface area contributed by atoms with Gasteiger partial charge in [0, 0.05) is 18.6 Å². The molecule has 1 aromatic carbocycles. The topological polar surface area (TPSA) is 66.0 Å². The number of anilines is 1. The summed E-state index contributed by atoms with van der Waals surface area (Å²) in [5.41, 5.74) is 8.08. The van der Waals surface area contributed by atoms with Gasteiger partial charge >= 0.3 is 0 Å². The number of benzene rings is 1. The Morgan fingerprint density at radius 1 is 1.21 bits per heavy atom. The van der Waals surface area contributed by atoms with Crippen molar-refractivity contribution in [3.63, 3.8) is 0 Å². The fourth-order valence-corrected chi connectivity index (χ4v) is 2.04. The van der Waals surface area contributed by atoms with Crippen molar-refractivity contribution < 1.29 is 4.74 Å². The molecule has 0 spiro atoms. The van der Waals surface area contributed by atoms with Crippen LogP contribution in [0.2, 0.25) is 0 Å². The van der Waals surface area contributed by atoms with Gasteiger partial charge in [-0.3, -0.25) is 4.98 Å². The van der Waals surface area contributed by atoms with Crippen LogP contribution < -0.4 is 10.5 Å². The number of hydrogen-bond donors (Lipinski definition) is 1. The number of aromatic nitrogens is 3. The Morgan fingerprint density at radius 2 is 2.00 bits per heavy atom. The van der Waals surface area contributed by atoms with E-state index in [2.05, 4.69) is 10.1 Å². The van der Waals surface area contributed by atoms with Gasteiger partial charge in [-0.05, 0) is 19.1 Å². The zero-order valence-corrected chi connectivity index (χ0v) is 10.8. The van der Waals surface area contributed by atoms with Crippen molar-refractivity contribution in [2.45, 2.75) is 6.92 Å². The molecule has 96 valence electrons. The van der Waals surface area contributed by atoms with Crippen LogP contribution in [0, 0.1) is 6.92 Å². The quantitative estimate of drug-likeness (QED) is 0.763. The summed E-state index contributed by atoms with van der Waals surface area (Å²) in [5, 5.41) is 5.26. The van der Waals surface area contributed by atoms with Gasteiger partial charge < -0.3 is 10.5 Å². The highest BCUT2D eigenvalue weighted by atomic mass is 16.5. The lowest BCUT2D eigenvalue weighted by atomic mass is 10.2. The SMILES string of the molecule is Cc1nn(C)c(Oc2cccc3cccnc23)c1N. The first kappa shape index (κ1) is 11.5. The molecule has 0 aliphatic carbocycles. The van der Waals surface area contributed by atoms with Crippen molar-refractivity contribution in [2.24, 2.45) is 7.05 Å². The molecule has 2 heterocycles. The minimum atomic E-state index is 0.538. The Bertz CT molecular complexity index is 743. The van der Waals surface area contributed by atoms with E-state index in [9.17, 15) is 0 Å². The average molecular weight is 254 g/mol. The minimum Gasteiger partial charge on any atom is -0.435 e. The number of hydrogen-bond acceptors (Lipinski definition) is 4. The molecule has 2 N–H and O–H groups in total. The third-order valence-electron chi connectivity index (χ3n) is 3.02. The van der Waals surface area contributed by atoms with Gasteiger partial charge in [0.25, 0.3) is 0 Å². The summed E-state index contributed by atoms with van der Waals surface area (Å²) in [5.74, 6) is 1.21. The number of pyridine rings is 1. The predicted molar refractivity (Wildman–Crippen MR) is 74.2 cm³/mol. The van der Waals surface area contributed by atoms with E-state index in [4.69, 9.17) is 10.5 Å². The molecule has 0 fully saturated rings. The number of para-hydroxylation sites is 1. The maximum absolute atomic E-state index is 5.97. The highest BCUT2D eigenvalue weighted by molar-refractivity contribution is 5.84. The van der Waals surface area contributed by atoms with Gasteiger partial charge in [0.05, 0.1) is 5.69 Å². The van der Waals surface area contributed by atoms with Crippen LogP contribution in [0.4, 0.5) is 5.69 Å². The largest absolute Gasteiger partial charge is 0.435 e. The third kappa shape index (κ3) is 1.89. The van der Waals surface area contributed by atoms with Crippen molar-refractivity contribution in [1.82, 2.24) is 14.8 Å². The number of fused-ring (bicyclic) bond motifs is 1. The van der Waals surface area contributed by atoms with Gasteiger partial charge in [0.15, 0.2) is 5.75 Å². The number of nitrogens with zero attached hydrogens (tertiary/aromatic N) is 3. The van der Waals surface area contributed by atoms with Gasteiger partial charge in [-0.15, -0.1) is 0 Å². The van der Waals surface area contributed by atoms with E-state index in [-0.39, 0.29) is 0 Å². The summed E-state index contributed by atoms with van der Waals surface area (Å²) in [6.45, 7) is 1.85. The molecule has 0 aliphatic rings. The van der Waals surface area contributed by atoms with Crippen LogP contribution in [-0.2, 0) is 7.05 Å². The van der Waals surface area contributed by atoms with E-state index >= 15 is 0 Å². The molecule has 19 heavy (non-hydrogen) atoms. The van der Waals surface area contributed by atoms with Crippen LogP contribution in [-0.4, -0.2) is 14.8 Å². The Balaban J connectivity index is 2.11. The molecule has 0 saturated heterocycles. The first-order chi connectivity index (χ1) is 9.16. The third-order valence-corrected chi connectivity index (χ3v) is 3.02. The summed E-state index contributed by atoms with van der Waals surface area (Å²) in [6, 6.07) is 9.69. The van der Waals surface area contributed by atoms with Crippen LogP contribution in [0.25, 0.3) is 10.9 Å². The van der Waals surface area contributed by atoms with E-state index in [1.54, 1.807) is 17.9 Å². The maximum Gasteiger partial charge on any atom is 0.241 e. The molecule has 0 radical (unpaired) electrons. The van der Waals surface area contributed by atoms with Crippen molar-refractivity contribution >= 4 is 16.6 Å². The molecule has 0 atom stereocenters. The minimum absolute atomic E-state index is 0.538. The maximum atomic E-state index is 5.97. The number of rotatable bonds is 2. The van der Waals surface area contributed by atoms with Gasteiger partial charge in [-0.25, -0.2) is 4.68 Å². The summed E-state index contributed by atoms with van der Waals surface area (Å²) in [6.07, 6.45) is 1.74. The summed E-state index contributed by atoms with van der Waals surface area (Å²) >= 11 is 0. The van der Waals surface area contributed by atoms with Crippen molar-refractivity contribution in [3.8, 4) is 11.6 Å². The van der Waals surface area contributed by atoms with Crippen molar-refractivity contribution in [2.75, 3.05) is 5.73 Å². The number of nitrogens with two attached hydrogens (primary N) is 1. The van der Waals surface area contributed by atoms with Gasteiger partial charge in [0.1, 0.15) is 11.2 Å².